The molecule has 0 aromatic heterocycles. The molecule has 0 spiro atoms. The van der Waals surface area contributed by atoms with Gasteiger partial charge in [-0.15, -0.1) is 0 Å². The number of rotatable bonds is 6. The standard InChI is InChI=1S/C18H17F4N3O3/c19-14-6-4-12(5-7-14)9-16(26)24-25-17(27)23-10-13-2-1-3-15(8-13)28-11-18(20,21)22/h1-8H,9-11H2,(H,24,26)(H2,23,25,27). The average Bonchev–Trinajstić information content (AvgIpc) is 2.65. The minimum atomic E-state index is -4.44. The summed E-state index contributed by atoms with van der Waals surface area (Å²) in [6, 6.07) is 10.4. The number of amides is 3. The summed E-state index contributed by atoms with van der Waals surface area (Å²) in [7, 11) is 0. The summed E-state index contributed by atoms with van der Waals surface area (Å²) < 4.78 is 53.9. The van der Waals surface area contributed by atoms with Gasteiger partial charge >= 0.3 is 12.2 Å². The van der Waals surface area contributed by atoms with E-state index in [1.165, 1.54) is 42.5 Å². The number of ether oxygens (including phenoxy) is 1. The van der Waals surface area contributed by atoms with Crippen LogP contribution in [0.3, 0.4) is 0 Å². The maximum absolute atomic E-state index is 12.8. The molecule has 0 saturated carbocycles. The van der Waals surface area contributed by atoms with Crippen molar-refractivity contribution >= 4 is 11.9 Å². The predicted octanol–water partition coefficient (Wildman–Crippen LogP) is 2.84. The van der Waals surface area contributed by atoms with Crippen LogP contribution in [0.4, 0.5) is 22.4 Å². The molecule has 2 aromatic carbocycles. The number of nitrogens with one attached hydrogen (secondary N) is 3. The maximum atomic E-state index is 12.8. The third kappa shape index (κ3) is 7.94. The predicted molar refractivity (Wildman–Crippen MR) is 91.6 cm³/mol. The molecule has 0 atom stereocenters. The van der Waals surface area contributed by atoms with E-state index in [0.29, 0.717) is 11.1 Å². The Hall–Kier alpha value is -3.30. The van der Waals surface area contributed by atoms with Crippen LogP contribution in [0.2, 0.25) is 0 Å². The molecule has 3 N–H and O–H groups in total. The fourth-order valence-electron chi connectivity index (χ4n) is 2.10. The van der Waals surface area contributed by atoms with Crippen LogP contribution in [0.1, 0.15) is 11.1 Å². The molecule has 2 aromatic rings. The van der Waals surface area contributed by atoms with Crippen molar-refractivity contribution in [3.63, 3.8) is 0 Å². The van der Waals surface area contributed by atoms with Gasteiger partial charge in [-0.25, -0.2) is 14.6 Å². The SMILES string of the molecule is O=C(Cc1ccc(F)cc1)NNC(=O)NCc1cccc(OCC(F)(F)F)c1. The number of urea groups is 1. The van der Waals surface area contributed by atoms with Crippen molar-refractivity contribution in [3.8, 4) is 5.75 Å². The number of benzene rings is 2. The van der Waals surface area contributed by atoms with Gasteiger partial charge < -0.3 is 10.1 Å². The van der Waals surface area contributed by atoms with Crippen molar-refractivity contribution in [1.29, 1.82) is 0 Å². The van der Waals surface area contributed by atoms with Gasteiger partial charge in [-0.05, 0) is 35.4 Å². The second-order valence-electron chi connectivity index (χ2n) is 5.71. The molecule has 3 amide bonds. The summed E-state index contributed by atoms with van der Waals surface area (Å²) in [6.45, 7) is -1.41. The number of hydrogen-bond donors (Lipinski definition) is 3. The van der Waals surface area contributed by atoms with E-state index < -0.39 is 30.5 Å². The second kappa shape index (κ2) is 9.58. The quantitative estimate of drug-likeness (QED) is 0.516. The van der Waals surface area contributed by atoms with E-state index in [1.807, 2.05) is 0 Å². The van der Waals surface area contributed by atoms with Gasteiger partial charge in [-0.1, -0.05) is 24.3 Å². The Morgan fingerprint density at radius 2 is 1.68 bits per heavy atom. The summed E-state index contributed by atoms with van der Waals surface area (Å²) in [5, 5.41) is 2.43. The Bertz CT molecular complexity index is 810. The summed E-state index contributed by atoms with van der Waals surface area (Å²) in [6.07, 6.45) is -4.50. The summed E-state index contributed by atoms with van der Waals surface area (Å²) >= 11 is 0. The molecule has 2 rings (SSSR count). The number of hydrazine groups is 1. The van der Waals surface area contributed by atoms with Gasteiger partial charge in [0.25, 0.3) is 0 Å². The van der Waals surface area contributed by atoms with Crippen LogP contribution in [-0.4, -0.2) is 24.7 Å². The summed E-state index contributed by atoms with van der Waals surface area (Å²) in [4.78, 5) is 23.4. The first-order valence-electron chi connectivity index (χ1n) is 8.07. The first kappa shape index (κ1) is 21.0. The monoisotopic (exact) mass is 399 g/mol. The van der Waals surface area contributed by atoms with E-state index in [9.17, 15) is 27.2 Å². The molecule has 0 bridgehead atoms. The third-order valence-electron chi connectivity index (χ3n) is 3.35. The highest BCUT2D eigenvalue weighted by Crippen LogP contribution is 2.19. The van der Waals surface area contributed by atoms with Gasteiger partial charge in [0, 0.05) is 6.54 Å². The molecule has 0 heterocycles. The van der Waals surface area contributed by atoms with Crippen molar-refractivity contribution in [2.75, 3.05) is 6.61 Å². The van der Waals surface area contributed by atoms with Crippen molar-refractivity contribution < 1.29 is 31.9 Å². The van der Waals surface area contributed by atoms with Crippen LogP contribution in [-0.2, 0) is 17.8 Å². The Kier molecular flexibility index (Phi) is 7.19. The molecule has 10 heteroatoms. The normalized spacial score (nSPS) is 10.9. The third-order valence-corrected chi connectivity index (χ3v) is 3.35. The first-order valence-corrected chi connectivity index (χ1v) is 8.07. The lowest BCUT2D eigenvalue weighted by Crippen LogP contribution is -2.47. The minimum Gasteiger partial charge on any atom is -0.484 e. The Morgan fingerprint density at radius 1 is 0.964 bits per heavy atom. The molecule has 0 aliphatic rings. The van der Waals surface area contributed by atoms with Crippen molar-refractivity contribution in [3.05, 3.63) is 65.5 Å². The zero-order valence-electron chi connectivity index (χ0n) is 14.5. The van der Waals surface area contributed by atoms with Gasteiger partial charge in [0.15, 0.2) is 6.61 Å². The van der Waals surface area contributed by atoms with Gasteiger partial charge in [-0.2, -0.15) is 13.2 Å². The van der Waals surface area contributed by atoms with Crippen LogP contribution in [0.15, 0.2) is 48.5 Å². The first-order chi connectivity index (χ1) is 13.2. The van der Waals surface area contributed by atoms with E-state index in [4.69, 9.17) is 0 Å². The fraction of sp³-hybridized carbons (Fsp3) is 0.222. The minimum absolute atomic E-state index is 0.00286. The average molecular weight is 399 g/mol. The highest BCUT2D eigenvalue weighted by molar-refractivity contribution is 5.82. The molecule has 0 saturated heterocycles. The zero-order valence-corrected chi connectivity index (χ0v) is 14.5. The van der Waals surface area contributed by atoms with Crippen molar-refractivity contribution in [2.24, 2.45) is 0 Å². The summed E-state index contributed by atoms with van der Waals surface area (Å²) in [5.41, 5.74) is 5.40. The fourth-order valence-corrected chi connectivity index (χ4v) is 2.10. The van der Waals surface area contributed by atoms with Gasteiger partial charge in [0.2, 0.25) is 5.91 Å². The molecule has 150 valence electrons. The molecular formula is C18H17F4N3O3. The highest BCUT2D eigenvalue weighted by Gasteiger charge is 2.28. The number of carbonyl (C=O) groups is 2. The van der Waals surface area contributed by atoms with Crippen molar-refractivity contribution in [2.45, 2.75) is 19.1 Å². The summed E-state index contributed by atoms with van der Waals surface area (Å²) in [5.74, 6) is -0.913. The lowest BCUT2D eigenvalue weighted by molar-refractivity contribution is -0.153. The molecule has 0 radical (unpaired) electrons. The lowest BCUT2D eigenvalue weighted by atomic mass is 10.1. The zero-order chi connectivity index (χ0) is 20.6. The Labute approximate surface area is 157 Å². The number of halogens is 4. The number of carbonyl (C=O) groups excluding carboxylic acids is 2. The Balaban J connectivity index is 1.73. The van der Waals surface area contributed by atoms with E-state index in [2.05, 4.69) is 20.9 Å². The number of hydrogen-bond acceptors (Lipinski definition) is 3. The van der Waals surface area contributed by atoms with Crippen LogP contribution < -0.4 is 20.9 Å². The Morgan fingerprint density at radius 3 is 2.36 bits per heavy atom. The highest BCUT2D eigenvalue weighted by atomic mass is 19.4. The van der Waals surface area contributed by atoms with Crippen molar-refractivity contribution in [1.82, 2.24) is 16.2 Å². The van der Waals surface area contributed by atoms with Crippen LogP contribution in [0.5, 0.6) is 5.75 Å². The largest absolute Gasteiger partial charge is 0.484 e. The molecular weight excluding hydrogens is 382 g/mol. The lowest BCUT2D eigenvalue weighted by Gasteiger charge is -2.11. The maximum Gasteiger partial charge on any atom is 0.422 e. The van der Waals surface area contributed by atoms with E-state index >= 15 is 0 Å². The van der Waals surface area contributed by atoms with Crippen LogP contribution in [0, 0.1) is 5.82 Å². The molecule has 0 fully saturated rings. The molecule has 6 nitrogen and oxygen atoms in total. The molecule has 0 unspecified atom stereocenters. The molecule has 28 heavy (non-hydrogen) atoms. The molecule has 0 aliphatic carbocycles. The van der Waals surface area contributed by atoms with Gasteiger partial charge in [-0.3, -0.25) is 10.2 Å². The van der Waals surface area contributed by atoms with Gasteiger partial charge in [0.05, 0.1) is 6.42 Å². The molecule has 0 aliphatic heterocycles. The van der Waals surface area contributed by atoms with Crippen LogP contribution in [0.25, 0.3) is 0 Å². The van der Waals surface area contributed by atoms with E-state index in [-0.39, 0.29) is 18.7 Å². The van der Waals surface area contributed by atoms with E-state index in [1.54, 1.807) is 6.07 Å². The smallest absolute Gasteiger partial charge is 0.422 e. The number of alkyl halides is 3. The second-order valence-corrected chi connectivity index (χ2v) is 5.71. The van der Waals surface area contributed by atoms with Gasteiger partial charge in [0.1, 0.15) is 11.6 Å². The van der Waals surface area contributed by atoms with E-state index in [0.717, 1.165) is 0 Å². The topological polar surface area (TPSA) is 79.5 Å². The van der Waals surface area contributed by atoms with Crippen LogP contribution >= 0.6 is 0 Å².